The van der Waals surface area contributed by atoms with Gasteiger partial charge in [-0.25, -0.2) is 0 Å². The molecular weight excluding hydrogens is 242 g/mol. The fraction of sp³-hybridized carbons (Fsp3) is 0.0714. The first-order chi connectivity index (χ1) is 9.24. The maximum Gasteiger partial charge on any atom is 0.258 e. The molecule has 2 aromatic heterocycles. The molecule has 0 saturated heterocycles. The van der Waals surface area contributed by atoms with E-state index < -0.39 is 0 Å². The lowest BCUT2D eigenvalue weighted by Crippen LogP contribution is -1.86. The average molecular weight is 253 g/mol. The van der Waals surface area contributed by atoms with Crippen LogP contribution in [0.5, 0.6) is 5.75 Å². The Labute approximate surface area is 109 Å². The van der Waals surface area contributed by atoms with Crippen LogP contribution >= 0.6 is 0 Å². The molecule has 5 heteroatoms. The minimum Gasteiger partial charge on any atom is -0.508 e. The van der Waals surface area contributed by atoms with Gasteiger partial charge in [-0.2, -0.15) is 4.98 Å². The maximum atomic E-state index is 9.44. The third-order valence-corrected chi connectivity index (χ3v) is 2.80. The molecule has 0 radical (unpaired) electrons. The van der Waals surface area contributed by atoms with Crippen LogP contribution in [0.25, 0.3) is 22.8 Å². The molecule has 2 heterocycles. The molecule has 0 unspecified atom stereocenters. The molecule has 5 nitrogen and oxygen atoms in total. The second-order valence-corrected chi connectivity index (χ2v) is 4.16. The van der Waals surface area contributed by atoms with Crippen LogP contribution in [0, 0.1) is 6.92 Å². The second-order valence-electron chi connectivity index (χ2n) is 4.16. The number of hydrogen-bond acceptors (Lipinski definition) is 5. The Kier molecular flexibility index (Phi) is 2.72. The first kappa shape index (κ1) is 11.4. The van der Waals surface area contributed by atoms with Gasteiger partial charge in [0.05, 0.1) is 0 Å². The van der Waals surface area contributed by atoms with Crippen LogP contribution in [0.1, 0.15) is 5.56 Å². The van der Waals surface area contributed by atoms with Gasteiger partial charge in [-0.1, -0.05) is 11.2 Å². The first-order valence-electron chi connectivity index (χ1n) is 5.78. The summed E-state index contributed by atoms with van der Waals surface area (Å²) >= 11 is 0. The summed E-state index contributed by atoms with van der Waals surface area (Å²) < 4.78 is 5.22. The van der Waals surface area contributed by atoms with Crippen molar-refractivity contribution in [2.45, 2.75) is 6.92 Å². The molecule has 0 bridgehead atoms. The van der Waals surface area contributed by atoms with Crippen molar-refractivity contribution in [1.29, 1.82) is 0 Å². The Bertz CT molecular complexity index is 722. The molecule has 1 N–H and O–H groups in total. The summed E-state index contributed by atoms with van der Waals surface area (Å²) in [6.07, 6.45) is 3.42. The van der Waals surface area contributed by atoms with Crippen molar-refractivity contribution >= 4 is 0 Å². The van der Waals surface area contributed by atoms with E-state index in [0.29, 0.717) is 17.3 Å². The summed E-state index contributed by atoms with van der Waals surface area (Å²) in [6.45, 7) is 1.96. The monoisotopic (exact) mass is 253 g/mol. The van der Waals surface area contributed by atoms with E-state index in [2.05, 4.69) is 15.1 Å². The summed E-state index contributed by atoms with van der Waals surface area (Å²) in [5.41, 5.74) is 2.54. The van der Waals surface area contributed by atoms with Crippen molar-refractivity contribution in [3.63, 3.8) is 0 Å². The number of phenolic OH excluding ortho intramolecular Hbond substituents is 1. The van der Waals surface area contributed by atoms with Gasteiger partial charge < -0.3 is 9.63 Å². The highest BCUT2D eigenvalue weighted by atomic mass is 16.5. The standard InChI is InChI=1S/C14H11N3O2/c1-9-5-6-15-8-12(9)13-16-14(19-17-13)10-3-2-4-11(18)7-10/h2-8,18H,1H3. The summed E-state index contributed by atoms with van der Waals surface area (Å²) in [5.74, 6) is 1.02. The molecule has 1 aromatic carbocycles. The van der Waals surface area contributed by atoms with Crippen molar-refractivity contribution in [3.8, 4) is 28.6 Å². The van der Waals surface area contributed by atoms with Gasteiger partial charge in [0.1, 0.15) is 5.75 Å². The summed E-state index contributed by atoms with van der Waals surface area (Å²) in [7, 11) is 0. The van der Waals surface area contributed by atoms with Gasteiger partial charge in [-0.05, 0) is 36.8 Å². The Morgan fingerprint density at radius 3 is 2.89 bits per heavy atom. The molecule has 0 spiro atoms. The van der Waals surface area contributed by atoms with Crippen molar-refractivity contribution in [1.82, 2.24) is 15.1 Å². The lowest BCUT2D eigenvalue weighted by Gasteiger charge is -1.97. The molecule has 0 aliphatic carbocycles. The molecule has 0 atom stereocenters. The largest absolute Gasteiger partial charge is 0.508 e. The van der Waals surface area contributed by atoms with Gasteiger partial charge in [0, 0.05) is 23.5 Å². The van der Waals surface area contributed by atoms with Gasteiger partial charge in [-0.15, -0.1) is 0 Å². The molecule has 94 valence electrons. The van der Waals surface area contributed by atoms with E-state index in [9.17, 15) is 5.11 Å². The highest BCUT2D eigenvalue weighted by molar-refractivity contribution is 5.62. The minimum atomic E-state index is 0.162. The van der Waals surface area contributed by atoms with E-state index in [1.807, 2.05) is 13.0 Å². The molecule has 19 heavy (non-hydrogen) atoms. The zero-order valence-corrected chi connectivity index (χ0v) is 10.2. The SMILES string of the molecule is Cc1ccncc1-c1noc(-c2cccc(O)c2)n1. The highest BCUT2D eigenvalue weighted by Gasteiger charge is 2.12. The predicted octanol–water partition coefficient (Wildman–Crippen LogP) is 2.81. The third-order valence-electron chi connectivity index (χ3n) is 2.80. The van der Waals surface area contributed by atoms with E-state index in [-0.39, 0.29) is 5.75 Å². The van der Waals surface area contributed by atoms with Crippen LogP contribution in [0.15, 0.2) is 47.2 Å². The van der Waals surface area contributed by atoms with Crippen LogP contribution in [-0.4, -0.2) is 20.2 Å². The number of hydrogen-bond donors (Lipinski definition) is 1. The Morgan fingerprint density at radius 1 is 1.21 bits per heavy atom. The smallest absolute Gasteiger partial charge is 0.258 e. The van der Waals surface area contributed by atoms with Crippen LogP contribution in [0.4, 0.5) is 0 Å². The Morgan fingerprint density at radius 2 is 2.11 bits per heavy atom. The van der Waals surface area contributed by atoms with E-state index in [4.69, 9.17) is 4.52 Å². The molecular formula is C14H11N3O2. The number of pyridine rings is 1. The number of benzene rings is 1. The second kappa shape index (κ2) is 4.53. The van der Waals surface area contributed by atoms with Crippen molar-refractivity contribution in [2.75, 3.05) is 0 Å². The van der Waals surface area contributed by atoms with E-state index in [0.717, 1.165) is 11.1 Å². The van der Waals surface area contributed by atoms with Crippen molar-refractivity contribution < 1.29 is 9.63 Å². The molecule has 3 rings (SSSR count). The lowest BCUT2D eigenvalue weighted by atomic mass is 10.1. The maximum absolute atomic E-state index is 9.44. The van der Waals surface area contributed by atoms with Gasteiger partial charge in [0.15, 0.2) is 0 Å². The van der Waals surface area contributed by atoms with Crippen molar-refractivity contribution in [2.24, 2.45) is 0 Å². The number of aromatic hydroxyl groups is 1. The van der Waals surface area contributed by atoms with Crippen LogP contribution in [-0.2, 0) is 0 Å². The van der Waals surface area contributed by atoms with Crippen LogP contribution < -0.4 is 0 Å². The van der Waals surface area contributed by atoms with Crippen molar-refractivity contribution in [3.05, 3.63) is 48.3 Å². The molecule has 0 saturated carbocycles. The third kappa shape index (κ3) is 2.18. The zero-order chi connectivity index (χ0) is 13.2. The number of phenols is 1. The Hall–Kier alpha value is -2.69. The Balaban J connectivity index is 2.03. The topological polar surface area (TPSA) is 72.0 Å². The molecule has 3 aromatic rings. The predicted molar refractivity (Wildman–Crippen MR) is 69.4 cm³/mol. The fourth-order valence-electron chi connectivity index (χ4n) is 1.79. The number of aryl methyl sites for hydroxylation is 1. The first-order valence-corrected chi connectivity index (χ1v) is 5.78. The van der Waals surface area contributed by atoms with Crippen LogP contribution in [0.2, 0.25) is 0 Å². The van der Waals surface area contributed by atoms with E-state index in [1.54, 1.807) is 36.7 Å². The fourth-order valence-corrected chi connectivity index (χ4v) is 1.79. The molecule has 0 aliphatic heterocycles. The van der Waals surface area contributed by atoms with Gasteiger partial charge in [0.25, 0.3) is 5.89 Å². The number of nitrogens with zero attached hydrogens (tertiary/aromatic N) is 3. The average Bonchev–Trinajstić information content (AvgIpc) is 2.89. The van der Waals surface area contributed by atoms with Gasteiger partial charge >= 0.3 is 0 Å². The lowest BCUT2D eigenvalue weighted by molar-refractivity contribution is 0.431. The molecule has 0 fully saturated rings. The number of aromatic nitrogens is 3. The molecule has 0 amide bonds. The normalized spacial score (nSPS) is 10.6. The number of rotatable bonds is 2. The quantitative estimate of drug-likeness (QED) is 0.760. The van der Waals surface area contributed by atoms with Gasteiger partial charge in [-0.3, -0.25) is 4.98 Å². The van der Waals surface area contributed by atoms with E-state index in [1.165, 1.54) is 0 Å². The summed E-state index contributed by atoms with van der Waals surface area (Å²) in [6, 6.07) is 8.58. The summed E-state index contributed by atoms with van der Waals surface area (Å²) in [4.78, 5) is 8.38. The van der Waals surface area contributed by atoms with Gasteiger partial charge in [0.2, 0.25) is 5.82 Å². The summed E-state index contributed by atoms with van der Waals surface area (Å²) in [5, 5.41) is 13.4. The van der Waals surface area contributed by atoms with E-state index >= 15 is 0 Å². The highest BCUT2D eigenvalue weighted by Crippen LogP contribution is 2.25. The van der Waals surface area contributed by atoms with Crippen LogP contribution in [0.3, 0.4) is 0 Å². The molecule has 0 aliphatic rings. The minimum absolute atomic E-state index is 0.162. The zero-order valence-electron chi connectivity index (χ0n) is 10.2.